The van der Waals surface area contributed by atoms with Crippen LogP contribution in [0.2, 0.25) is 0 Å². The van der Waals surface area contributed by atoms with E-state index in [1.807, 2.05) is 41.7 Å². The Morgan fingerprint density at radius 3 is 2.32 bits per heavy atom. The molecule has 7 heteroatoms. The number of benzene rings is 2. The maximum Gasteiger partial charge on any atom is 0.282 e. The predicted octanol–water partition coefficient (Wildman–Crippen LogP) is 0.830. The molecule has 2 N–H and O–H groups in total. The smallest absolute Gasteiger partial charge is 0.282 e. The number of quaternary nitrogens is 2. The highest BCUT2D eigenvalue weighted by atomic mass is 32.1. The van der Waals surface area contributed by atoms with E-state index in [1.165, 1.54) is 14.6 Å². The first-order valence-electron chi connectivity index (χ1n) is 9.73. The third kappa shape index (κ3) is 3.82. The van der Waals surface area contributed by atoms with Crippen LogP contribution >= 0.6 is 11.3 Å². The Morgan fingerprint density at radius 2 is 1.54 bits per heavy atom. The number of fused-ring (bicyclic) bond motifs is 1. The Balaban J connectivity index is 1.16. The van der Waals surface area contributed by atoms with Crippen molar-refractivity contribution >= 4 is 21.6 Å². The van der Waals surface area contributed by atoms with Crippen LogP contribution in [0.5, 0.6) is 0 Å². The molecular weight excluding hydrogens is 370 g/mol. The van der Waals surface area contributed by atoms with Gasteiger partial charge in [-0.25, -0.2) is 4.98 Å². The average molecular weight is 394 g/mol. The van der Waals surface area contributed by atoms with Crippen LogP contribution in [-0.4, -0.2) is 41.3 Å². The molecule has 28 heavy (non-hydrogen) atoms. The number of piperazine rings is 1. The topological polar surface area (TPSA) is 60.7 Å². The summed E-state index contributed by atoms with van der Waals surface area (Å²) in [6.45, 7) is 6.34. The first kappa shape index (κ1) is 17.5. The highest BCUT2D eigenvalue weighted by Gasteiger charge is 2.26. The number of hydrogen-bond donors (Lipinski definition) is 2. The summed E-state index contributed by atoms with van der Waals surface area (Å²) in [7, 11) is 0. The molecule has 6 nitrogen and oxygen atoms in total. The molecule has 0 radical (unpaired) electrons. The van der Waals surface area contributed by atoms with Crippen LogP contribution < -0.4 is 9.80 Å². The van der Waals surface area contributed by atoms with Gasteiger partial charge in [0.05, 0.1) is 10.2 Å². The number of nitrogens with zero attached hydrogens (tertiary/aromatic N) is 3. The number of nitrogens with one attached hydrogen (secondary N) is 2. The van der Waals surface area contributed by atoms with Gasteiger partial charge in [0.2, 0.25) is 5.82 Å². The lowest BCUT2D eigenvalue weighted by molar-refractivity contribution is -1.02. The zero-order valence-electron chi connectivity index (χ0n) is 15.6. The van der Waals surface area contributed by atoms with Gasteiger partial charge in [-0.1, -0.05) is 47.6 Å². The van der Waals surface area contributed by atoms with E-state index in [1.54, 1.807) is 4.90 Å². The van der Waals surface area contributed by atoms with Gasteiger partial charge >= 0.3 is 0 Å². The number of para-hydroxylation sites is 1. The van der Waals surface area contributed by atoms with E-state index >= 15 is 0 Å². The fourth-order valence-electron chi connectivity index (χ4n) is 3.77. The maximum absolute atomic E-state index is 5.48. The standard InChI is InChI=1S/C21H21N5OS/c1-2-6-16(7-3-1)21-23-19(27-24-21)14-25-10-12-26(13-11-25)15-20-22-17-8-4-5-9-18(17)28-20/h1-9H,10-15H2/p+2. The lowest BCUT2D eigenvalue weighted by Crippen LogP contribution is -3.27. The minimum atomic E-state index is 0.676. The summed E-state index contributed by atoms with van der Waals surface area (Å²) in [5, 5.41) is 5.37. The minimum absolute atomic E-state index is 0.676. The normalized spacial score (nSPS) is 19.9. The first-order chi connectivity index (χ1) is 13.8. The van der Waals surface area contributed by atoms with E-state index in [2.05, 4.69) is 34.4 Å². The number of hydrogen-bond acceptors (Lipinski definition) is 5. The number of rotatable bonds is 5. The SMILES string of the molecule is c1ccc(-c2noc(C[NH+]3CC[NH+](Cc4nc5ccccc5s4)CC3)n2)cc1. The summed E-state index contributed by atoms with van der Waals surface area (Å²) >= 11 is 1.82. The zero-order chi connectivity index (χ0) is 18.8. The summed E-state index contributed by atoms with van der Waals surface area (Å²) in [5.41, 5.74) is 2.12. The highest BCUT2D eigenvalue weighted by Crippen LogP contribution is 2.20. The second-order valence-electron chi connectivity index (χ2n) is 7.31. The van der Waals surface area contributed by atoms with Gasteiger partial charge in [-0.3, -0.25) is 0 Å². The molecule has 0 amide bonds. The van der Waals surface area contributed by atoms with Crippen LogP contribution in [0.1, 0.15) is 10.9 Å². The average Bonchev–Trinajstić information content (AvgIpc) is 3.36. The van der Waals surface area contributed by atoms with E-state index in [4.69, 9.17) is 9.51 Å². The molecule has 0 bridgehead atoms. The molecule has 1 aliphatic heterocycles. The predicted molar refractivity (Wildman–Crippen MR) is 108 cm³/mol. The largest absolute Gasteiger partial charge is 0.333 e. The van der Waals surface area contributed by atoms with E-state index in [0.29, 0.717) is 5.82 Å². The van der Waals surface area contributed by atoms with Crippen molar-refractivity contribution < 1.29 is 14.3 Å². The van der Waals surface area contributed by atoms with Crippen molar-refractivity contribution in [3.05, 3.63) is 65.5 Å². The fourth-order valence-corrected chi connectivity index (χ4v) is 4.80. The van der Waals surface area contributed by atoms with Gasteiger partial charge in [0.25, 0.3) is 5.89 Å². The molecule has 1 aliphatic rings. The molecule has 3 heterocycles. The molecule has 1 saturated heterocycles. The molecule has 2 aromatic carbocycles. The Labute approximate surface area is 167 Å². The highest BCUT2D eigenvalue weighted by molar-refractivity contribution is 7.18. The lowest BCUT2D eigenvalue weighted by Gasteiger charge is -2.28. The number of aromatic nitrogens is 3. The molecule has 2 aromatic heterocycles. The van der Waals surface area contributed by atoms with Crippen molar-refractivity contribution in [3.63, 3.8) is 0 Å². The molecule has 0 saturated carbocycles. The second-order valence-corrected chi connectivity index (χ2v) is 8.42. The molecular formula is C21H23N5OS+2. The third-order valence-corrected chi connectivity index (χ3v) is 6.34. The summed E-state index contributed by atoms with van der Waals surface area (Å²) in [6, 6.07) is 18.4. The zero-order valence-corrected chi connectivity index (χ0v) is 16.4. The third-order valence-electron chi connectivity index (χ3n) is 5.30. The van der Waals surface area contributed by atoms with Gasteiger partial charge in [-0.15, -0.1) is 11.3 Å². The van der Waals surface area contributed by atoms with Crippen LogP contribution in [0.25, 0.3) is 21.6 Å². The second kappa shape index (κ2) is 7.79. The Hall–Kier alpha value is -2.61. The van der Waals surface area contributed by atoms with Gasteiger partial charge in [0.15, 0.2) is 6.54 Å². The molecule has 4 aromatic rings. The van der Waals surface area contributed by atoms with Gasteiger partial charge in [0.1, 0.15) is 37.7 Å². The molecule has 0 atom stereocenters. The first-order valence-corrected chi connectivity index (χ1v) is 10.5. The monoisotopic (exact) mass is 393 g/mol. The molecule has 0 spiro atoms. The van der Waals surface area contributed by atoms with Crippen LogP contribution in [-0.2, 0) is 13.1 Å². The van der Waals surface area contributed by atoms with E-state index < -0.39 is 0 Å². The Kier molecular flexibility index (Phi) is 4.86. The van der Waals surface area contributed by atoms with Crippen LogP contribution in [0, 0.1) is 0 Å². The van der Waals surface area contributed by atoms with E-state index in [9.17, 15) is 0 Å². The van der Waals surface area contributed by atoms with Crippen LogP contribution in [0.4, 0.5) is 0 Å². The number of thiazole rings is 1. The summed E-state index contributed by atoms with van der Waals surface area (Å²) < 4.78 is 6.76. The van der Waals surface area contributed by atoms with Crippen molar-refractivity contribution in [2.75, 3.05) is 26.2 Å². The molecule has 5 rings (SSSR count). The van der Waals surface area contributed by atoms with Gasteiger partial charge in [-0.2, -0.15) is 4.98 Å². The molecule has 0 aliphatic carbocycles. The molecule has 0 unspecified atom stereocenters. The van der Waals surface area contributed by atoms with Crippen LogP contribution in [0.15, 0.2) is 59.1 Å². The van der Waals surface area contributed by atoms with Crippen molar-refractivity contribution in [1.29, 1.82) is 0 Å². The van der Waals surface area contributed by atoms with Crippen molar-refractivity contribution in [2.45, 2.75) is 13.1 Å². The summed E-state index contributed by atoms with van der Waals surface area (Å²) in [5.74, 6) is 1.40. The summed E-state index contributed by atoms with van der Waals surface area (Å²) in [6.07, 6.45) is 0. The summed E-state index contributed by atoms with van der Waals surface area (Å²) in [4.78, 5) is 12.5. The van der Waals surface area contributed by atoms with Gasteiger partial charge in [0, 0.05) is 5.56 Å². The maximum atomic E-state index is 5.48. The van der Waals surface area contributed by atoms with Gasteiger partial charge in [-0.05, 0) is 12.1 Å². The molecule has 142 valence electrons. The fraction of sp³-hybridized carbons (Fsp3) is 0.286. The van der Waals surface area contributed by atoms with Crippen molar-refractivity contribution in [1.82, 2.24) is 15.1 Å². The Morgan fingerprint density at radius 1 is 0.821 bits per heavy atom. The quantitative estimate of drug-likeness (QED) is 0.527. The Bertz CT molecular complexity index is 1020. The van der Waals surface area contributed by atoms with Crippen LogP contribution in [0.3, 0.4) is 0 Å². The van der Waals surface area contributed by atoms with E-state index in [0.717, 1.165) is 56.2 Å². The molecule has 1 fully saturated rings. The minimum Gasteiger partial charge on any atom is -0.333 e. The van der Waals surface area contributed by atoms with E-state index in [-0.39, 0.29) is 0 Å². The lowest BCUT2D eigenvalue weighted by atomic mass is 10.2. The van der Waals surface area contributed by atoms with Crippen molar-refractivity contribution in [3.8, 4) is 11.4 Å². The van der Waals surface area contributed by atoms with Gasteiger partial charge < -0.3 is 14.3 Å². The van der Waals surface area contributed by atoms with Crippen molar-refractivity contribution in [2.24, 2.45) is 0 Å².